The van der Waals surface area contributed by atoms with Gasteiger partial charge in [0.15, 0.2) is 0 Å². The molecule has 6 heteroatoms. The van der Waals surface area contributed by atoms with Crippen molar-refractivity contribution < 1.29 is 14.7 Å². The summed E-state index contributed by atoms with van der Waals surface area (Å²) in [6.07, 6.45) is 2.93. The Balaban J connectivity index is 1.71. The Morgan fingerprint density at radius 1 is 0.971 bits per heavy atom. The van der Waals surface area contributed by atoms with E-state index in [1.807, 2.05) is 79.1 Å². The summed E-state index contributed by atoms with van der Waals surface area (Å²) in [6.45, 7) is 4.00. The Morgan fingerprint density at radius 3 is 2.43 bits per heavy atom. The molecule has 0 saturated heterocycles. The lowest BCUT2D eigenvalue weighted by Crippen LogP contribution is -2.13. The van der Waals surface area contributed by atoms with Gasteiger partial charge in [-0.05, 0) is 71.7 Å². The van der Waals surface area contributed by atoms with Gasteiger partial charge < -0.3 is 15.0 Å². The van der Waals surface area contributed by atoms with Crippen LogP contribution in [0.3, 0.4) is 0 Å². The third-order valence-electron chi connectivity index (χ3n) is 5.93. The maximum absolute atomic E-state index is 13.0. The molecule has 35 heavy (non-hydrogen) atoms. The molecule has 0 aliphatic heterocycles. The molecule has 0 atom stereocenters. The van der Waals surface area contributed by atoms with E-state index in [2.05, 4.69) is 5.32 Å². The highest BCUT2D eigenvalue weighted by atomic mass is 16.4. The Bertz CT molecular complexity index is 1510. The van der Waals surface area contributed by atoms with Crippen LogP contribution in [0.25, 0.3) is 22.5 Å². The van der Waals surface area contributed by atoms with Gasteiger partial charge in [0.05, 0.1) is 5.56 Å². The molecule has 0 saturated carbocycles. The predicted octanol–water partition coefficient (Wildman–Crippen LogP) is 6.00. The molecule has 6 nitrogen and oxygen atoms in total. The van der Waals surface area contributed by atoms with Crippen molar-refractivity contribution in [3.63, 3.8) is 0 Å². The van der Waals surface area contributed by atoms with Gasteiger partial charge in [0, 0.05) is 22.8 Å². The number of carbonyl (C=O) groups is 2. The van der Waals surface area contributed by atoms with Gasteiger partial charge in [-0.3, -0.25) is 4.79 Å². The SMILES string of the molecule is CCc1cc(/C=C(/C#N)C(=O)Nc2ccc3ccccc3c2)c(CC)n1-c1cccc(C(=O)O)c1. The first kappa shape index (κ1) is 23.5. The number of hydrogen-bond acceptors (Lipinski definition) is 3. The topological polar surface area (TPSA) is 95.1 Å². The molecule has 0 fully saturated rings. The average molecular weight is 464 g/mol. The minimum Gasteiger partial charge on any atom is -0.478 e. The second-order valence-electron chi connectivity index (χ2n) is 8.12. The van der Waals surface area contributed by atoms with Crippen LogP contribution in [-0.2, 0) is 17.6 Å². The van der Waals surface area contributed by atoms with Crippen LogP contribution in [0.1, 0.15) is 41.2 Å². The van der Waals surface area contributed by atoms with Gasteiger partial charge in [-0.25, -0.2) is 4.79 Å². The number of carboxylic acids is 1. The van der Waals surface area contributed by atoms with E-state index in [1.54, 1.807) is 24.3 Å². The summed E-state index contributed by atoms with van der Waals surface area (Å²) in [5.74, 6) is -1.48. The molecule has 4 aromatic rings. The first-order valence-corrected chi connectivity index (χ1v) is 11.4. The molecule has 1 heterocycles. The minimum absolute atomic E-state index is 0.00746. The molecule has 0 spiro atoms. The molecule has 0 aliphatic carbocycles. The first-order chi connectivity index (χ1) is 16.9. The number of aromatic carboxylic acids is 1. The fourth-order valence-corrected chi connectivity index (χ4v) is 4.25. The number of rotatable bonds is 7. The lowest BCUT2D eigenvalue weighted by molar-refractivity contribution is -0.112. The van der Waals surface area contributed by atoms with Crippen molar-refractivity contribution in [2.45, 2.75) is 26.7 Å². The van der Waals surface area contributed by atoms with Gasteiger partial charge in [0.25, 0.3) is 5.91 Å². The van der Waals surface area contributed by atoms with Crippen molar-refractivity contribution in [3.8, 4) is 11.8 Å². The maximum Gasteiger partial charge on any atom is 0.335 e. The van der Waals surface area contributed by atoms with E-state index >= 15 is 0 Å². The number of nitriles is 1. The summed E-state index contributed by atoms with van der Waals surface area (Å²) in [4.78, 5) is 24.4. The molecular formula is C29H25N3O3. The quantitative estimate of drug-likeness (QED) is 0.260. The number of fused-ring (bicyclic) bond motifs is 1. The Labute approximate surface area is 203 Å². The summed E-state index contributed by atoms with van der Waals surface area (Å²) in [5.41, 5.74) is 4.16. The second kappa shape index (κ2) is 10.1. The van der Waals surface area contributed by atoms with E-state index in [0.29, 0.717) is 18.5 Å². The van der Waals surface area contributed by atoms with Crippen LogP contribution in [0.4, 0.5) is 5.69 Å². The van der Waals surface area contributed by atoms with Crippen molar-refractivity contribution in [2.75, 3.05) is 5.32 Å². The van der Waals surface area contributed by atoms with Crippen molar-refractivity contribution in [2.24, 2.45) is 0 Å². The normalized spacial score (nSPS) is 11.3. The molecular weight excluding hydrogens is 438 g/mol. The average Bonchev–Trinajstić information content (AvgIpc) is 3.24. The van der Waals surface area contributed by atoms with Crippen LogP contribution >= 0.6 is 0 Å². The monoisotopic (exact) mass is 463 g/mol. The Morgan fingerprint density at radius 2 is 1.74 bits per heavy atom. The van der Waals surface area contributed by atoms with Gasteiger partial charge in [-0.1, -0.05) is 50.2 Å². The zero-order valence-electron chi connectivity index (χ0n) is 19.6. The zero-order chi connectivity index (χ0) is 24.9. The van der Waals surface area contributed by atoms with Gasteiger partial charge >= 0.3 is 5.97 Å². The van der Waals surface area contributed by atoms with E-state index in [9.17, 15) is 20.0 Å². The van der Waals surface area contributed by atoms with Gasteiger partial charge in [-0.15, -0.1) is 0 Å². The molecule has 0 radical (unpaired) electrons. The summed E-state index contributed by atoms with van der Waals surface area (Å²) in [6, 6.07) is 24.2. The van der Waals surface area contributed by atoms with Crippen LogP contribution in [-0.4, -0.2) is 21.6 Å². The van der Waals surface area contributed by atoms with E-state index in [4.69, 9.17) is 0 Å². The lowest BCUT2D eigenvalue weighted by Gasteiger charge is -2.13. The number of aryl methyl sites for hydroxylation is 1. The van der Waals surface area contributed by atoms with Crippen LogP contribution in [0, 0.1) is 11.3 Å². The standard InChI is InChI=1S/C29H25N3O3/c1-3-25-17-22(27(4-2)32(25)26-11-7-10-21(16-26)29(34)35)14-23(18-30)28(33)31-24-13-12-19-8-5-6-9-20(19)15-24/h5-17H,3-4H2,1-2H3,(H,31,33)(H,34,35)/b23-14-. The van der Waals surface area contributed by atoms with E-state index in [0.717, 1.165) is 33.4 Å². The highest BCUT2D eigenvalue weighted by Crippen LogP contribution is 2.26. The maximum atomic E-state index is 13.0. The highest BCUT2D eigenvalue weighted by Gasteiger charge is 2.17. The van der Waals surface area contributed by atoms with Crippen molar-refractivity contribution in [1.29, 1.82) is 5.26 Å². The van der Waals surface area contributed by atoms with Gasteiger partial charge in [-0.2, -0.15) is 5.26 Å². The number of hydrogen-bond donors (Lipinski definition) is 2. The van der Waals surface area contributed by atoms with Crippen molar-refractivity contribution >= 4 is 34.4 Å². The summed E-state index contributed by atoms with van der Waals surface area (Å²) in [5, 5.41) is 24.1. The van der Waals surface area contributed by atoms with E-state index in [-0.39, 0.29) is 11.1 Å². The molecule has 0 bridgehead atoms. The van der Waals surface area contributed by atoms with Crippen LogP contribution < -0.4 is 5.32 Å². The number of anilines is 1. The van der Waals surface area contributed by atoms with Crippen LogP contribution in [0.15, 0.2) is 78.4 Å². The fourth-order valence-electron chi connectivity index (χ4n) is 4.25. The van der Waals surface area contributed by atoms with Gasteiger partial charge in [0.2, 0.25) is 0 Å². The van der Waals surface area contributed by atoms with E-state index in [1.165, 1.54) is 0 Å². The summed E-state index contributed by atoms with van der Waals surface area (Å²) < 4.78 is 2.01. The smallest absolute Gasteiger partial charge is 0.335 e. The Kier molecular flexibility index (Phi) is 6.79. The molecule has 174 valence electrons. The molecule has 0 aliphatic rings. The van der Waals surface area contributed by atoms with Crippen molar-refractivity contribution in [1.82, 2.24) is 4.57 Å². The third-order valence-corrected chi connectivity index (χ3v) is 5.93. The van der Waals surface area contributed by atoms with Crippen LogP contribution in [0.2, 0.25) is 0 Å². The molecule has 0 unspecified atom stereocenters. The number of carbonyl (C=O) groups excluding carboxylic acids is 1. The summed E-state index contributed by atoms with van der Waals surface area (Å²) >= 11 is 0. The number of amides is 1. The number of nitrogens with one attached hydrogen (secondary N) is 1. The number of benzene rings is 3. The van der Waals surface area contributed by atoms with Crippen LogP contribution in [0.5, 0.6) is 0 Å². The lowest BCUT2D eigenvalue weighted by atomic mass is 10.1. The Hall–Kier alpha value is -4.63. The fraction of sp³-hybridized carbons (Fsp3) is 0.138. The second-order valence-corrected chi connectivity index (χ2v) is 8.12. The largest absolute Gasteiger partial charge is 0.478 e. The number of nitrogens with zero attached hydrogens (tertiary/aromatic N) is 2. The minimum atomic E-state index is -0.993. The molecule has 3 aromatic carbocycles. The molecule has 1 aromatic heterocycles. The number of carboxylic acid groups (broad SMARTS) is 1. The molecule has 1 amide bonds. The third kappa shape index (κ3) is 4.85. The number of aromatic nitrogens is 1. The zero-order valence-corrected chi connectivity index (χ0v) is 19.6. The molecule has 4 rings (SSSR count). The van der Waals surface area contributed by atoms with Gasteiger partial charge in [0.1, 0.15) is 11.6 Å². The predicted molar refractivity (Wildman–Crippen MR) is 138 cm³/mol. The van der Waals surface area contributed by atoms with E-state index < -0.39 is 11.9 Å². The first-order valence-electron chi connectivity index (χ1n) is 11.4. The summed E-state index contributed by atoms with van der Waals surface area (Å²) in [7, 11) is 0. The van der Waals surface area contributed by atoms with Crippen molar-refractivity contribution in [3.05, 3.63) is 101 Å². The highest BCUT2D eigenvalue weighted by molar-refractivity contribution is 6.10. The molecule has 2 N–H and O–H groups in total.